The molecule has 0 spiro atoms. The Labute approximate surface area is 57.8 Å². The summed E-state index contributed by atoms with van der Waals surface area (Å²) in [5.41, 5.74) is 0. The van der Waals surface area contributed by atoms with Crippen molar-refractivity contribution in [1.82, 2.24) is 0 Å². The molecule has 0 saturated heterocycles. The van der Waals surface area contributed by atoms with Gasteiger partial charge >= 0.3 is 5.97 Å². The van der Waals surface area contributed by atoms with Crippen molar-refractivity contribution < 1.29 is 19.0 Å². The van der Waals surface area contributed by atoms with Crippen LogP contribution in [0.15, 0.2) is 0 Å². The van der Waals surface area contributed by atoms with E-state index in [1.54, 1.807) is 0 Å². The molecule has 1 unspecified atom stereocenters. The van der Waals surface area contributed by atoms with E-state index in [2.05, 4.69) is 4.74 Å². The molecule has 10 heavy (non-hydrogen) atoms. The Morgan fingerprint density at radius 1 is 1.70 bits per heavy atom. The Bertz CT molecular complexity index is 133. The van der Waals surface area contributed by atoms with Crippen LogP contribution in [0.25, 0.3) is 0 Å². The van der Waals surface area contributed by atoms with Gasteiger partial charge in [-0.1, -0.05) is 0 Å². The lowest BCUT2D eigenvalue weighted by Gasteiger charge is -2.25. The molecule has 1 atom stereocenters. The zero-order chi connectivity index (χ0) is 7.56. The van der Waals surface area contributed by atoms with Gasteiger partial charge in [0.25, 0.3) is 6.36 Å². The maximum absolute atomic E-state index is 12.2. The summed E-state index contributed by atoms with van der Waals surface area (Å²) in [6.07, 6.45) is 0.287. The predicted molar refractivity (Wildman–Crippen MR) is 31.3 cm³/mol. The van der Waals surface area contributed by atoms with Gasteiger partial charge in [-0.25, -0.2) is 9.18 Å². The van der Waals surface area contributed by atoms with Crippen LogP contribution in [0.4, 0.5) is 4.39 Å². The molecule has 58 valence electrons. The van der Waals surface area contributed by atoms with E-state index < -0.39 is 12.3 Å². The van der Waals surface area contributed by atoms with E-state index in [9.17, 15) is 9.18 Å². The number of hydrogen-bond acceptors (Lipinski definition) is 2. The zero-order valence-electron chi connectivity index (χ0n) is 5.42. The Kier molecular flexibility index (Phi) is 2.21. The number of ether oxygens (including phenoxy) is 1. The maximum atomic E-state index is 12.2. The second-order valence-electron chi connectivity index (χ2n) is 2.34. The monoisotopic (exact) mass is 148 g/mol. The highest BCUT2D eigenvalue weighted by atomic mass is 19.1. The van der Waals surface area contributed by atoms with Gasteiger partial charge in [0.2, 0.25) is 0 Å². The van der Waals surface area contributed by atoms with Gasteiger partial charge in [0.15, 0.2) is 0 Å². The van der Waals surface area contributed by atoms with Crippen LogP contribution in [0, 0.1) is 0 Å². The third-order valence-electron chi connectivity index (χ3n) is 1.56. The molecule has 1 aliphatic rings. The maximum Gasteiger partial charge on any atom is 0.366 e. The summed E-state index contributed by atoms with van der Waals surface area (Å²) in [7, 11) is 0. The SMILES string of the molecule is O=C(O)C(F)OC1CCC1. The van der Waals surface area contributed by atoms with Crippen molar-refractivity contribution in [2.45, 2.75) is 31.7 Å². The summed E-state index contributed by atoms with van der Waals surface area (Å²) < 4.78 is 16.7. The third kappa shape index (κ3) is 1.67. The molecule has 0 amide bonds. The lowest BCUT2D eigenvalue weighted by Crippen LogP contribution is -2.29. The first-order chi connectivity index (χ1) is 4.70. The third-order valence-corrected chi connectivity index (χ3v) is 1.56. The van der Waals surface area contributed by atoms with Crippen LogP contribution < -0.4 is 0 Å². The number of carboxylic acid groups (broad SMARTS) is 1. The van der Waals surface area contributed by atoms with Crippen LogP contribution in [-0.2, 0) is 9.53 Å². The van der Waals surface area contributed by atoms with Crippen LogP contribution in [0.1, 0.15) is 19.3 Å². The molecule has 4 heteroatoms. The molecule has 1 fully saturated rings. The van der Waals surface area contributed by atoms with Crippen molar-refractivity contribution >= 4 is 5.97 Å². The molecule has 0 heterocycles. The first-order valence-corrected chi connectivity index (χ1v) is 3.22. The first-order valence-electron chi connectivity index (χ1n) is 3.22. The standard InChI is InChI=1S/C6H9FO3/c7-5(6(8)9)10-4-2-1-3-4/h4-5H,1-3H2,(H,8,9). The van der Waals surface area contributed by atoms with E-state index in [4.69, 9.17) is 5.11 Å². The van der Waals surface area contributed by atoms with E-state index in [0.29, 0.717) is 0 Å². The molecular formula is C6H9FO3. The van der Waals surface area contributed by atoms with Crippen LogP contribution in [-0.4, -0.2) is 23.5 Å². The van der Waals surface area contributed by atoms with Gasteiger partial charge in [0.1, 0.15) is 0 Å². The van der Waals surface area contributed by atoms with Crippen LogP contribution in [0.3, 0.4) is 0 Å². The van der Waals surface area contributed by atoms with Crippen molar-refractivity contribution in [3.8, 4) is 0 Å². The zero-order valence-corrected chi connectivity index (χ0v) is 5.42. The first kappa shape index (κ1) is 7.47. The lowest BCUT2D eigenvalue weighted by atomic mass is 9.96. The van der Waals surface area contributed by atoms with Gasteiger partial charge in [-0.3, -0.25) is 0 Å². The number of hydrogen-bond donors (Lipinski definition) is 1. The van der Waals surface area contributed by atoms with Crippen molar-refractivity contribution in [3.63, 3.8) is 0 Å². The number of alkyl halides is 1. The van der Waals surface area contributed by atoms with E-state index in [0.717, 1.165) is 19.3 Å². The molecule has 0 aromatic carbocycles. The number of rotatable bonds is 3. The molecule has 1 aliphatic carbocycles. The average molecular weight is 148 g/mol. The largest absolute Gasteiger partial charge is 0.477 e. The van der Waals surface area contributed by atoms with Gasteiger partial charge in [-0.05, 0) is 19.3 Å². The van der Waals surface area contributed by atoms with E-state index in [1.165, 1.54) is 0 Å². The Morgan fingerprint density at radius 3 is 2.60 bits per heavy atom. The van der Waals surface area contributed by atoms with Gasteiger partial charge in [0.05, 0.1) is 6.10 Å². The van der Waals surface area contributed by atoms with E-state index in [1.807, 2.05) is 0 Å². The fraction of sp³-hybridized carbons (Fsp3) is 0.833. The minimum Gasteiger partial charge on any atom is -0.477 e. The normalized spacial score (nSPS) is 21.7. The molecule has 0 aromatic rings. The molecule has 0 aliphatic heterocycles. The summed E-state index contributed by atoms with van der Waals surface area (Å²) in [4.78, 5) is 9.87. The predicted octanol–water partition coefficient (Wildman–Crippen LogP) is 0.936. The summed E-state index contributed by atoms with van der Waals surface area (Å²) in [6, 6.07) is 0. The van der Waals surface area contributed by atoms with Crippen molar-refractivity contribution in [3.05, 3.63) is 0 Å². The van der Waals surface area contributed by atoms with E-state index in [-0.39, 0.29) is 6.10 Å². The topological polar surface area (TPSA) is 46.5 Å². The number of aliphatic carboxylic acids is 1. The van der Waals surface area contributed by atoms with Gasteiger partial charge in [-0.2, -0.15) is 0 Å². The fourth-order valence-corrected chi connectivity index (χ4v) is 0.734. The summed E-state index contributed by atoms with van der Waals surface area (Å²) in [5.74, 6) is -1.54. The van der Waals surface area contributed by atoms with Gasteiger partial charge in [-0.15, -0.1) is 0 Å². The van der Waals surface area contributed by atoms with Gasteiger partial charge < -0.3 is 9.84 Å². The lowest BCUT2D eigenvalue weighted by molar-refractivity contribution is -0.175. The molecule has 3 nitrogen and oxygen atoms in total. The summed E-state index contributed by atoms with van der Waals surface area (Å²) >= 11 is 0. The Hall–Kier alpha value is -0.640. The van der Waals surface area contributed by atoms with Crippen molar-refractivity contribution in [1.29, 1.82) is 0 Å². The molecule has 0 bridgehead atoms. The van der Waals surface area contributed by atoms with E-state index >= 15 is 0 Å². The highest BCUT2D eigenvalue weighted by Gasteiger charge is 2.25. The highest BCUT2D eigenvalue weighted by molar-refractivity contribution is 5.70. The van der Waals surface area contributed by atoms with Crippen molar-refractivity contribution in [2.24, 2.45) is 0 Å². The minimum atomic E-state index is -2.13. The summed E-state index contributed by atoms with van der Waals surface area (Å²) in [6.45, 7) is 0. The average Bonchev–Trinajstić information content (AvgIpc) is 1.77. The minimum absolute atomic E-state index is 0.161. The molecule has 1 N–H and O–H groups in total. The molecule has 1 rings (SSSR count). The number of halogens is 1. The van der Waals surface area contributed by atoms with Crippen LogP contribution >= 0.6 is 0 Å². The Morgan fingerprint density at radius 2 is 2.30 bits per heavy atom. The molecule has 1 saturated carbocycles. The highest BCUT2D eigenvalue weighted by Crippen LogP contribution is 2.23. The number of carboxylic acids is 1. The Balaban J connectivity index is 2.16. The van der Waals surface area contributed by atoms with Gasteiger partial charge in [0, 0.05) is 0 Å². The molecule has 0 aromatic heterocycles. The number of carbonyl (C=O) groups is 1. The second kappa shape index (κ2) is 2.96. The summed E-state index contributed by atoms with van der Waals surface area (Å²) in [5, 5.41) is 8.05. The van der Waals surface area contributed by atoms with Crippen LogP contribution in [0.2, 0.25) is 0 Å². The quantitative estimate of drug-likeness (QED) is 0.647. The smallest absolute Gasteiger partial charge is 0.366 e. The molecule has 0 radical (unpaired) electrons. The van der Waals surface area contributed by atoms with Crippen molar-refractivity contribution in [2.75, 3.05) is 0 Å². The second-order valence-corrected chi connectivity index (χ2v) is 2.34. The fourth-order valence-electron chi connectivity index (χ4n) is 0.734. The van der Waals surface area contributed by atoms with Crippen LogP contribution in [0.5, 0.6) is 0 Å². The molecular weight excluding hydrogens is 139 g/mol.